The average molecular weight is 459 g/mol. The quantitative estimate of drug-likeness (QED) is 0.282. The highest BCUT2D eigenvalue weighted by Gasteiger charge is 2.09. The van der Waals surface area contributed by atoms with Crippen LogP contribution in [0.25, 0.3) is 0 Å². The van der Waals surface area contributed by atoms with Crippen LogP contribution in [-0.2, 0) is 10.5 Å². The molecule has 0 saturated heterocycles. The fraction of sp³-hybridized carbons (Fsp3) is 0.238. The number of aryl methyl sites for hydroxylation is 1. The Bertz CT molecular complexity index is 1000. The van der Waals surface area contributed by atoms with Crippen molar-refractivity contribution < 1.29 is 9.53 Å². The second-order valence-electron chi connectivity index (χ2n) is 6.36. The molecule has 3 rings (SSSR count). The summed E-state index contributed by atoms with van der Waals surface area (Å²) in [6.07, 6.45) is 0. The molecule has 0 fully saturated rings. The highest BCUT2D eigenvalue weighted by Crippen LogP contribution is 2.30. The number of thioether (sulfide) groups is 2. The van der Waals surface area contributed by atoms with Gasteiger partial charge in [-0.2, -0.15) is 5.10 Å². The summed E-state index contributed by atoms with van der Waals surface area (Å²) < 4.78 is 6.81. The van der Waals surface area contributed by atoms with Crippen molar-refractivity contribution >= 4 is 46.5 Å². The Hall–Kier alpha value is -2.36. The van der Waals surface area contributed by atoms with Crippen LogP contribution in [-0.4, -0.2) is 34.7 Å². The van der Waals surface area contributed by atoms with Gasteiger partial charge in [-0.05, 0) is 49.2 Å². The zero-order valence-electron chi connectivity index (χ0n) is 16.9. The van der Waals surface area contributed by atoms with Gasteiger partial charge in [0, 0.05) is 5.75 Å². The number of amides is 1. The number of carbonyl (C=O) groups excluding carboxylic acids is 1. The van der Waals surface area contributed by atoms with Crippen molar-refractivity contribution in [1.29, 1.82) is 0 Å². The number of methoxy groups -OCH3 is 1. The van der Waals surface area contributed by atoms with Gasteiger partial charge in [0.1, 0.15) is 5.75 Å². The summed E-state index contributed by atoms with van der Waals surface area (Å²) in [5.41, 5.74) is 6.73. The molecule has 9 heteroatoms. The maximum Gasteiger partial charge on any atom is 0.250 e. The smallest absolute Gasteiger partial charge is 0.250 e. The third-order valence-electron chi connectivity index (χ3n) is 4.05. The van der Waals surface area contributed by atoms with E-state index in [1.165, 1.54) is 34.2 Å². The number of hydrogen-bond donors (Lipinski definition) is 1. The van der Waals surface area contributed by atoms with Crippen molar-refractivity contribution in [3.05, 3.63) is 65.2 Å². The van der Waals surface area contributed by atoms with E-state index < -0.39 is 0 Å². The van der Waals surface area contributed by atoms with Gasteiger partial charge in [-0.3, -0.25) is 4.79 Å². The van der Waals surface area contributed by atoms with Crippen LogP contribution in [0, 0.1) is 6.92 Å². The van der Waals surface area contributed by atoms with Crippen LogP contribution in [0.4, 0.5) is 0 Å². The van der Waals surface area contributed by atoms with E-state index in [9.17, 15) is 4.79 Å². The molecule has 0 radical (unpaired) electrons. The van der Waals surface area contributed by atoms with E-state index in [4.69, 9.17) is 4.74 Å². The number of hydrazone groups is 1. The van der Waals surface area contributed by atoms with Crippen molar-refractivity contribution in [2.24, 2.45) is 5.10 Å². The predicted molar refractivity (Wildman–Crippen MR) is 125 cm³/mol. The van der Waals surface area contributed by atoms with Crippen LogP contribution in [0.5, 0.6) is 5.75 Å². The Morgan fingerprint density at radius 2 is 1.73 bits per heavy atom. The lowest BCUT2D eigenvalue weighted by Crippen LogP contribution is -2.21. The Labute approximate surface area is 188 Å². The normalized spacial score (nSPS) is 11.4. The number of hydrogen-bond acceptors (Lipinski definition) is 8. The van der Waals surface area contributed by atoms with Gasteiger partial charge in [-0.1, -0.05) is 64.7 Å². The monoisotopic (exact) mass is 458 g/mol. The molecule has 1 N–H and O–H groups in total. The van der Waals surface area contributed by atoms with E-state index in [2.05, 4.69) is 51.9 Å². The molecule has 6 nitrogen and oxygen atoms in total. The minimum Gasteiger partial charge on any atom is -0.497 e. The Kier molecular flexibility index (Phi) is 8.30. The molecule has 1 amide bonds. The maximum absolute atomic E-state index is 12.1. The highest BCUT2D eigenvalue weighted by atomic mass is 32.2. The summed E-state index contributed by atoms with van der Waals surface area (Å²) in [6, 6.07) is 16.0. The number of carbonyl (C=O) groups is 1. The first-order valence-electron chi connectivity index (χ1n) is 9.15. The molecule has 0 atom stereocenters. The standard InChI is InChI=1S/C21H22N4O2S3/c1-14-4-6-16(7-5-14)12-28-20-24-25-21(30-20)29-13-19(26)23-22-15(2)17-8-10-18(27-3)11-9-17/h4-11H,12-13H2,1-3H3,(H,23,26)/b22-15-. The molecule has 30 heavy (non-hydrogen) atoms. The summed E-state index contributed by atoms with van der Waals surface area (Å²) in [4.78, 5) is 12.1. The van der Waals surface area contributed by atoms with E-state index >= 15 is 0 Å². The van der Waals surface area contributed by atoms with E-state index in [0.717, 1.165) is 31.5 Å². The molecule has 0 aliphatic rings. The summed E-state index contributed by atoms with van der Waals surface area (Å²) in [5.74, 6) is 1.67. The van der Waals surface area contributed by atoms with E-state index in [1.807, 2.05) is 31.2 Å². The summed E-state index contributed by atoms with van der Waals surface area (Å²) >= 11 is 4.51. The molecule has 0 bridgehead atoms. The van der Waals surface area contributed by atoms with E-state index in [0.29, 0.717) is 0 Å². The lowest BCUT2D eigenvalue weighted by atomic mass is 10.1. The van der Waals surface area contributed by atoms with Gasteiger partial charge < -0.3 is 4.74 Å². The van der Waals surface area contributed by atoms with Crippen molar-refractivity contribution in [3.8, 4) is 5.75 Å². The fourth-order valence-electron chi connectivity index (χ4n) is 2.35. The third-order valence-corrected chi connectivity index (χ3v) is 7.31. The molecule has 156 valence electrons. The Morgan fingerprint density at radius 3 is 2.40 bits per heavy atom. The molecule has 2 aromatic carbocycles. The minimum absolute atomic E-state index is 0.183. The molecular weight excluding hydrogens is 436 g/mol. The Morgan fingerprint density at radius 1 is 1.07 bits per heavy atom. The van der Waals surface area contributed by atoms with Gasteiger partial charge in [0.25, 0.3) is 5.91 Å². The van der Waals surface area contributed by atoms with Crippen LogP contribution in [0.1, 0.15) is 23.6 Å². The molecule has 3 aromatic rings. The highest BCUT2D eigenvalue weighted by molar-refractivity contribution is 8.03. The van der Waals surface area contributed by atoms with Crippen molar-refractivity contribution in [2.45, 2.75) is 28.3 Å². The predicted octanol–water partition coefficient (Wildman–Crippen LogP) is 4.78. The summed E-state index contributed by atoms with van der Waals surface area (Å²) in [7, 11) is 1.62. The van der Waals surface area contributed by atoms with Gasteiger partial charge in [0.15, 0.2) is 8.68 Å². The zero-order chi connectivity index (χ0) is 21.3. The number of rotatable bonds is 9. The van der Waals surface area contributed by atoms with Crippen LogP contribution in [0.3, 0.4) is 0 Å². The maximum atomic E-state index is 12.1. The number of nitrogens with zero attached hydrogens (tertiary/aromatic N) is 3. The van der Waals surface area contributed by atoms with E-state index in [-0.39, 0.29) is 11.7 Å². The molecular formula is C21H22N4O2S3. The summed E-state index contributed by atoms with van der Waals surface area (Å²) in [5, 5.41) is 12.5. The fourth-order valence-corrected chi connectivity index (χ4v) is 5.11. The molecule has 0 spiro atoms. The number of nitrogens with one attached hydrogen (secondary N) is 1. The van der Waals surface area contributed by atoms with Gasteiger partial charge >= 0.3 is 0 Å². The largest absolute Gasteiger partial charge is 0.497 e. The SMILES string of the molecule is COc1ccc(/C(C)=N\NC(=O)CSc2nnc(SCc3ccc(C)cc3)s2)cc1. The first-order valence-corrected chi connectivity index (χ1v) is 11.9. The van der Waals surface area contributed by atoms with Crippen molar-refractivity contribution in [3.63, 3.8) is 0 Å². The van der Waals surface area contributed by atoms with Gasteiger partial charge in [0.05, 0.1) is 18.6 Å². The van der Waals surface area contributed by atoms with Crippen LogP contribution in [0.15, 0.2) is 62.3 Å². The molecule has 1 heterocycles. The lowest BCUT2D eigenvalue weighted by Gasteiger charge is -2.04. The second kappa shape index (κ2) is 11.1. The zero-order valence-corrected chi connectivity index (χ0v) is 19.4. The van der Waals surface area contributed by atoms with Crippen LogP contribution in [0.2, 0.25) is 0 Å². The third kappa shape index (κ3) is 6.86. The van der Waals surface area contributed by atoms with Gasteiger partial charge in [-0.25, -0.2) is 5.43 Å². The average Bonchev–Trinajstić information content (AvgIpc) is 3.23. The topological polar surface area (TPSA) is 76.5 Å². The molecule has 0 aliphatic carbocycles. The minimum atomic E-state index is -0.183. The van der Waals surface area contributed by atoms with Gasteiger partial charge in [-0.15, -0.1) is 10.2 Å². The van der Waals surface area contributed by atoms with Crippen molar-refractivity contribution in [1.82, 2.24) is 15.6 Å². The Balaban J connectivity index is 1.43. The van der Waals surface area contributed by atoms with E-state index in [1.54, 1.807) is 18.9 Å². The van der Waals surface area contributed by atoms with Gasteiger partial charge in [0.2, 0.25) is 0 Å². The molecule has 0 aliphatic heterocycles. The van der Waals surface area contributed by atoms with Crippen molar-refractivity contribution in [2.75, 3.05) is 12.9 Å². The lowest BCUT2D eigenvalue weighted by molar-refractivity contribution is -0.118. The van der Waals surface area contributed by atoms with Crippen LogP contribution >= 0.6 is 34.9 Å². The summed E-state index contributed by atoms with van der Waals surface area (Å²) in [6.45, 7) is 3.92. The first-order chi connectivity index (χ1) is 14.5. The molecule has 0 unspecified atom stereocenters. The second-order valence-corrected chi connectivity index (χ2v) is 9.78. The number of benzene rings is 2. The van der Waals surface area contributed by atoms with Crippen LogP contribution < -0.4 is 10.2 Å². The first kappa shape index (κ1) is 22.3. The molecule has 1 aromatic heterocycles. The number of aromatic nitrogens is 2. The number of ether oxygens (including phenoxy) is 1. The molecule has 0 saturated carbocycles.